The van der Waals surface area contributed by atoms with Gasteiger partial charge in [-0.25, -0.2) is 0 Å². The predicted octanol–water partition coefficient (Wildman–Crippen LogP) is 1.50. The van der Waals surface area contributed by atoms with Crippen LogP contribution in [-0.2, 0) is 4.79 Å². The number of hydrogen-bond acceptors (Lipinski definition) is 6. The minimum atomic E-state index is -0.320. The zero-order valence-electron chi connectivity index (χ0n) is 14.3. The van der Waals surface area contributed by atoms with Crippen molar-refractivity contribution in [1.82, 2.24) is 19.6 Å². The molecule has 0 bridgehead atoms. The van der Waals surface area contributed by atoms with Crippen LogP contribution in [0.3, 0.4) is 0 Å². The molecule has 0 spiro atoms. The Morgan fingerprint density at radius 1 is 1.07 bits per heavy atom. The summed E-state index contributed by atoms with van der Waals surface area (Å²) in [6.45, 7) is 2.46. The lowest BCUT2D eigenvalue weighted by molar-refractivity contribution is -0.113. The molecule has 0 unspecified atom stereocenters. The Hall–Kier alpha value is -3.39. The lowest BCUT2D eigenvalue weighted by Crippen LogP contribution is -2.32. The van der Waals surface area contributed by atoms with E-state index in [2.05, 4.69) is 15.1 Å². The molecule has 27 heavy (non-hydrogen) atoms. The van der Waals surface area contributed by atoms with Crippen LogP contribution in [0.15, 0.2) is 53.6 Å². The molecule has 3 aromatic heterocycles. The first kappa shape index (κ1) is 15.8. The molecule has 0 N–H and O–H groups in total. The molecule has 4 aromatic rings. The zero-order valence-corrected chi connectivity index (χ0v) is 15.1. The highest BCUT2D eigenvalue weighted by molar-refractivity contribution is 7.15. The Morgan fingerprint density at radius 2 is 1.85 bits per heavy atom. The lowest BCUT2D eigenvalue weighted by atomic mass is 10.1. The maximum atomic E-state index is 13.0. The fourth-order valence-corrected chi connectivity index (χ4v) is 4.32. The number of rotatable bonds is 2. The largest absolute Gasteiger partial charge is 0.308 e. The third kappa shape index (κ3) is 2.23. The summed E-state index contributed by atoms with van der Waals surface area (Å²) in [6.07, 6.45) is 3.30. The highest BCUT2D eigenvalue weighted by Gasteiger charge is 2.33. The topological polar surface area (TPSA) is 80.5 Å². The predicted molar refractivity (Wildman–Crippen MR) is 103 cm³/mol. The van der Waals surface area contributed by atoms with Crippen LogP contribution in [0, 0.1) is 0 Å². The molecule has 1 aliphatic heterocycles. The molecule has 0 radical (unpaired) electrons. The summed E-state index contributed by atoms with van der Waals surface area (Å²) in [6, 6.07) is 11.1. The molecule has 4 heterocycles. The van der Waals surface area contributed by atoms with Crippen LogP contribution in [0.1, 0.15) is 12.5 Å². The number of likely N-dealkylation sites (N-methyl/N-ethyl adjacent to an activating group) is 1. The minimum Gasteiger partial charge on any atom is -0.308 e. The van der Waals surface area contributed by atoms with Crippen molar-refractivity contribution in [2.45, 2.75) is 6.92 Å². The van der Waals surface area contributed by atoms with E-state index in [0.717, 1.165) is 16.8 Å². The Labute approximate surface area is 157 Å². The molecule has 0 fully saturated rings. The number of aromatic nitrogens is 4. The van der Waals surface area contributed by atoms with E-state index in [1.54, 1.807) is 29.4 Å². The van der Waals surface area contributed by atoms with Gasteiger partial charge in [0.15, 0.2) is 5.82 Å². The number of para-hydroxylation sites is 1. The van der Waals surface area contributed by atoms with Gasteiger partial charge in [-0.05, 0) is 25.1 Å². The summed E-state index contributed by atoms with van der Waals surface area (Å²) in [5, 5.41) is 4.33. The van der Waals surface area contributed by atoms with E-state index in [9.17, 15) is 9.59 Å². The first-order chi connectivity index (χ1) is 13.2. The Kier molecular flexibility index (Phi) is 3.41. The molecule has 5 rings (SSSR count). The number of pyridine rings is 1. The number of benzene rings is 1. The maximum Gasteiger partial charge on any atom is 0.291 e. The average Bonchev–Trinajstić information content (AvgIpc) is 3.33. The fraction of sp³-hybridized carbons (Fsp3) is 0.105. The summed E-state index contributed by atoms with van der Waals surface area (Å²) < 4.78 is 1.65. The molecule has 1 amide bonds. The van der Waals surface area contributed by atoms with Gasteiger partial charge in [0.1, 0.15) is 4.53 Å². The number of thiazole rings is 1. The molecular weight excluding hydrogens is 362 g/mol. The van der Waals surface area contributed by atoms with E-state index in [-0.39, 0.29) is 11.5 Å². The van der Waals surface area contributed by atoms with Gasteiger partial charge in [-0.2, -0.15) is 9.50 Å². The molecular formula is C19H13N5O2S. The van der Waals surface area contributed by atoms with Crippen molar-refractivity contribution in [3.63, 3.8) is 0 Å². The Bertz CT molecular complexity index is 1310. The SMILES string of the molecule is CCN1C(=O)/C(=c2\sc3nc(-c4ccncc4)nn3c2=O)c2ccccc21. The van der Waals surface area contributed by atoms with Crippen LogP contribution < -0.4 is 15.0 Å². The van der Waals surface area contributed by atoms with Crippen LogP contribution in [0.2, 0.25) is 0 Å². The van der Waals surface area contributed by atoms with E-state index in [4.69, 9.17) is 0 Å². The molecule has 0 saturated carbocycles. The molecule has 0 atom stereocenters. The summed E-state index contributed by atoms with van der Waals surface area (Å²) in [4.78, 5) is 36.5. The lowest BCUT2D eigenvalue weighted by Gasteiger charge is -2.13. The van der Waals surface area contributed by atoms with Crippen LogP contribution in [0.4, 0.5) is 5.69 Å². The number of carbonyl (C=O) groups excluding carboxylic acids is 1. The monoisotopic (exact) mass is 375 g/mol. The van der Waals surface area contributed by atoms with Gasteiger partial charge in [0.25, 0.3) is 11.5 Å². The van der Waals surface area contributed by atoms with E-state index in [1.807, 2.05) is 31.2 Å². The van der Waals surface area contributed by atoms with Crippen molar-refractivity contribution in [2.75, 3.05) is 11.4 Å². The van der Waals surface area contributed by atoms with Crippen molar-refractivity contribution in [3.8, 4) is 11.4 Å². The number of carbonyl (C=O) groups is 1. The van der Waals surface area contributed by atoms with Gasteiger partial charge in [-0.1, -0.05) is 29.5 Å². The number of amides is 1. The Balaban J connectivity index is 1.77. The second-order valence-corrected chi connectivity index (χ2v) is 7.02. The summed E-state index contributed by atoms with van der Waals surface area (Å²) in [5.41, 5.74) is 2.50. The number of hydrogen-bond donors (Lipinski definition) is 0. The van der Waals surface area contributed by atoms with E-state index in [1.165, 1.54) is 15.9 Å². The molecule has 132 valence electrons. The van der Waals surface area contributed by atoms with Crippen LogP contribution in [0.5, 0.6) is 0 Å². The van der Waals surface area contributed by atoms with Crippen molar-refractivity contribution in [3.05, 3.63) is 69.2 Å². The number of nitrogens with zero attached hydrogens (tertiary/aromatic N) is 5. The summed E-state index contributed by atoms with van der Waals surface area (Å²) >= 11 is 1.19. The molecule has 0 aliphatic carbocycles. The van der Waals surface area contributed by atoms with E-state index < -0.39 is 0 Å². The highest BCUT2D eigenvalue weighted by atomic mass is 32.1. The average molecular weight is 375 g/mol. The first-order valence-electron chi connectivity index (χ1n) is 8.44. The molecule has 0 saturated heterocycles. The standard InChI is InChI=1S/C19H13N5O2S/c1-2-23-13-6-4-3-5-12(13)14(17(23)25)15-18(26)24-19(27-15)21-16(22-24)11-7-9-20-10-8-11/h3-10H,2H2,1H3/b15-14-. The second-order valence-electron chi connectivity index (χ2n) is 6.04. The van der Waals surface area contributed by atoms with E-state index in [0.29, 0.717) is 27.4 Å². The van der Waals surface area contributed by atoms with Gasteiger partial charge >= 0.3 is 0 Å². The van der Waals surface area contributed by atoms with Crippen molar-refractivity contribution < 1.29 is 4.79 Å². The normalized spacial score (nSPS) is 15.6. The third-order valence-corrected chi connectivity index (χ3v) is 5.59. The van der Waals surface area contributed by atoms with Gasteiger partial charge in [-0.3, -0.25) is 14.6 Å². The third-order valence-electron chi connectivity index (χ3n) is 4.56. The van der Waals surface area contributed by atoms with Crippen LogP contribution in [-0.4, -0.2) is 32.0 Å². The first-order valence-corrected chi connectivity index (χ1v) is 9.26. The molecule has 7 nitrogen and oxygen atoms in total. The fourth-order valence-electron chi connectivity index (χ4n) is 3.32. The van der Waals surface area contributed by atoms with Gasteiger partial charge in [-0.15, -0.1) is 5.10 Å². The number of fused-ring (bicyclic) bond motifs is 2. The van der Waals surface area contributed by atoms with Gasteiger partial charge in [0.2, 0.25) is 4.96 Å². The minimum absolute atomic E-state index is 0.158. The molecule has 1 aromatic carbocycles. The second kappa shape index (κ2) is 5.82. The van der Waals surface area contributed by atoms with Gasteiger partial charge in [0, 0.05) is 30.1 Å². The summed E-state index contributed by atoms with van der Waals surface area (Å²) in [5.74, 6) is 0.306. The van der Waals surface area contributed by atoms with Crippen molar-refractivity contribution in [1.29, 1.82) is 0 Å². The zero-order chi connectivity index (χ0) is 18.5. The smallest absolute Gasteiger partial charge is 0.291 e. The number of anilines is 1. The quantitative estimate of drug-likeness (QED) is 0.530. The molecule has 8 heteroatoms. The highest BCUT2D eigenvalue weighted by Crippen LogP contribution is 2.34. The van der Waals surface area contributed by atoms with Gasteiger partial charge in [0.05, 0.1) is 11.3 Å². The van der Waals surface area contributed by atoms with Crippen LogP contribution >= 0.6 is 11.3 Å². The van der Waals surface area contributed by atoms with E-state index >= 15 is 0 Å². The molecule has 1 aliphatic rings. The maximum absolute atomic E-state index is 13.0. The van der Waals surface area contributed by atoms with Gasteiger partial charge < -0.3 is 4.90 Å². The summed E-state index contributed by atoms with van der Waals surface area (Å²) in [7, 11) is 0. The Morgan fingerprint density at radius 3 is 2.59 bits per heavy atom. The van der Waals surface area contributed by atoms with Crippen molar-refractivity contribution in [2.24, 2.45) is 0 Å². The van der Waals surface area contributed by atoms with Crippen molar-refractivity contribution >= 4 is 33.5 Å². The van der Waals surface area contributed by atoms with Crippen LogP contribution in [0.25, 0.3) is 21.9 Å².